The van der Waals surface area contributed by atoms with Crippen LogP contribution in [0.4, 0.5) is 4.79 Å². The predicted octanol–water partition coefficient (Wildman–Crippen LogP) is 0.754. The molecular formula is C14H16N6O2S. The van der Waals surface area contributed by atoms with Gasteiger partial charge in [0.2, 0.25) is 11.1 Å². The van der Waals surface area contributed by atoms with Crippen molar-refractivity contribution in [3.8, 4) is 0 Å². The number of imide groups is 1. The van der Waals surface area contributed by atoms with Crippen molar-refractivity contribution < 1.29 is 9.59 Å². The molecule has 0 radical (unpaired) electrons. The number of carbonyl (C=O) groups excluding carboxylic acids is 2. The quantitative estimate of drug-likeness (QED) is 0.812. The van der Waals surface area contributed by atoms with Gasteiger partial charge in [0, 0.05) is 13.1 Å². The molecule has 0 bridgehead atoms. The molecule has 2 heterocycles. The maximum Gasteiger partial charge on any atom is 0.324 e. The van der Waals surface area contributed by atoms with E-state index in [2.05, 4.69) is 20.8 Å². The fourth-order valence-electron chi connectivity index (χ4n) is 2.25. The molecule has 9 heteroatoms. The second kappa shape index (κ2) is 6.78. The minimum Gasteiger partial charge on any atom is -0.336 e. The first kappa shape index (κ1) is 15.5. The first-order chi connectivity index (χ1) is 11.1. The van der Waals surface area contributed by atoms with Crippen molar-refractivity contribution in [3.05, 3.63) is 35.9 Å². The lowest BCUT2D eigenvalue weighted by atomic mass is 10.2. The third-order valence-electron chi connectivity index (χ3n) is 3.43. The van der Waals surface area contributed by atoms with Crippen LogP contribution >= 0.6 is 11.8 Å². The third kappa shape index (κ3) is 3.50. The Bertz CT molecular complexity index is 704. The summed E-state index contributed by atoms with van der Waals surface area (Å²) in [4.78, 5) is 25.1. The number of nitrogens with zero attached hydrogens (tertiary/aromatic N) is 5. The maximum atomic E-state index is 12.3. The Morgan fingerprint density at radius 2 is 2.17 bits per heavy atom. The van der Waals surface area contributed by atoms with Gasteiger partial charge < -0.3 is 5.32 Å². The van der Waals surface area contributed by atoms with Crippen LogP contribution in [0.1, 0.15) is 12.5 Å². The second-order valence-corrected chi connectivity index (χ2v) is 6.39. The van der Waals surface area contributed by atoms with Crippen LogP contribution in [0.3, 0.4) is 0 Å². The molecule has 1 aromatic carbocycles. The van der Waals surface area contributed by atoms with E-state index >= 15 is 0 Å². The van der Waals surface area contributed by atoms with Gasteiger partial charge in [-0.2, -0.15) is 0 Å². The first-order valence-electron chi connectivity index (χ1n) is 7.21. The van der Waals surface area contributed by atoms with Gasteiger partial charge in [-0.25, -0.2) is 9.48 Å². The molecule has 0 spiro atoms. The van der Waals surface area contributed by atoms with E-state index in [0.29, 0.717) is 24.8 Å². The highest BCUT2D eigenvalue weighted by Crippen LogP contribution is 2.23. The molecule has 8 nitrogen and oxygen atoms in total. The van der Waals surface area contributed by atoms with Gasteiger partial charge in [0.1, 0.15) is 0 Å². The Morgan fingerprint density at radius 1 is 1.39 bits per heavy atom. The summed E-state index contributed by atoms with van der Waals surface area (Å²) in [5.74, 6) is -0.237. The number of urea groups is 1. The molecule has 1 N–H and O–H groups in total. The summed E-state index contributed by atoms with van der Waals surface area (Å²) in [6.07, 6.45) is 0. The monoisotopic (exact) mass is 332 g/mol. The van der Waals surface area contributed by atoms with Crippen LogP contribution in [0, 0.1) is 0 Å². The number of benzene rings is 1. The third-order valence-corrected chi connectivity index (χ3v) is 4.49. The molecule has 1 saturated heterocycles. The molecule has 23 heavy (non-hydrogen) atoms. The van der Waals surface area contributed by atoms with E-state index in [0.717, 1.165) is 5.56 Å². The minimum atomic E-state index is -0.445. The lowest BCUT2D eigenvalue weighted by molar-refractivity contribution is -0.126. The van der Waals surface area contributed by atoms with E-state index in [4.69, 9.17) is 0 Å². The summed E-state index contributed by atoms with van der Waals surface area (Å²) in [5.41, 5.74) is 1.07. The van der Waals surface area contributed by atoms with Gasteiger partial charge in [-0.15, -0.1) is 5.10 Å². The normalized spacial score (nSPS) is 15.5. The topological polar surface area (TPSA) is 93.0 Å². The summed E-state index contributed by atoms with van der Waals surface area (Å²) >= 11 is 1.25. The van der Waals surface area contributed by atoms with Crippen LogP contribution in [0.25, 0.3) is 0 Å². The van der Waals surface area contributed by atoms with Gasteiger partial charge in [0.05, 0.1) is 11.8 Å². The van der Waals surface area contributed by atoms with E-state index in [1.54, 1.807) is 11.6 Å². The number of carbonyl (C=O) groups is 2. The number of tetrazole rings is 1. The van der Waals surface area contributed by atoms with Crippen LogP contribution in [0.2, 0.25) is 0 Å². The summed E-state index contributed by atoms with van der Waals surface area (Å²) in [6.45, 7) is 3.17. The van der Waals surface area contributed by atoms with Crippen molar-refractivity contribution >= 4 is 23.7 Å². The van der Waals surface area contributed by atoms with Crippen LogP contribution in [0.15, 0.2) is 35.5 Å². The summed E-state index contributed by atoms with van der Waals surface area (Å²) < 4.78 is 1.65. The van der Waals surface area contributed by atoms with Gasteiger partial charge in [-0.3, -0.25) is 9.69 Å². The highest BCUT2D eigenvalue weighted by Gasteiger charge is 2.31. The van der Waals surface area contributed by atoms with E-state index in [1.807, 2.05) is 30.3 Å². The molecule has 1 unspecified atom stereocenters. The molecule has 3 rings (SSSR count). The van der Waals surface area contributed by atoms with Crippen molar-refractivity contribution in [2.45, 2.75) is 23.9 Å². The number of hydrogen-bond acceptors (Lipinski definition) is 6. The number of rotatable bonds is 5. The Labute approximate surface area is 137 Å². The van der Waals surface area contributed by atoms with Crippen LogP contribution in [-0.4, -0.2) is 55.4 Å². The van der Waals surface area contributed by atoms with Crippen molar-refractivity contribution in [2.24, 2.45) is 0 Å². The summed E-state index contributed by atoms with van der Waals surface area (Å²) in [7, 11) is 0. The van der Waals surface area contributed by atoms with Crippen molar-refractivity contribution in [3.63, 3.8) is 0 Å². The standard InChI is InChI=1S/C14H16N6O2S/c1-10(12(21)19-8-7-15-13(19)22)23-14-16-17-18-20(14)9-11-5-3-2-4-6-11/h2-6,10H,7-9H2,1H3,(H,15,22). The summed E-state index contributed by atoms with van der Waals surface area (Å²) in [6, 6.07) is 9.47. The molecule has 1 atom stereocenters. The SMILES string of the molecule is CC(Sc1nnnn1Cc1ccccc1)C(=O)N1CCNC1=O. The molecule has 0 aliphatic carbocycles. The van der Waals surface area contributed by atoms with Crippen LogP contribution in [-0.2, 0) is 11.3 Å². The number of thioether (sulfide) groups is 1. The van der Waals surface area contributed by atoms with Crippen molar-refractivity contribution in [2.75, 3.05) is 13.1 Å². The number of hydrogen-bond donors (Lipinski definition) is 1. The highest BCUT2D eigenvalue weighted by atomic mass is 32.2. The molecule has 3 amide bonds. The molecular weight excluding hydrogens is 316 g/mol. The maximum absolute atomic E-state index is 12.3. The number of nitrogens with one attached hydrogen (secondary N) is 1. The second-order valence-electron chi connectivity index (χ2n) is 5.09. The highest BCUT2D eigenvalue weighted by molar-refractivity contribution is 8.00. The van der Waals surface area contributed by atoms with Gasteiger partial charge in [-0.1, -0.05) is 42.1 Å². The molecule has 120 valence electrons. The van der Waals surface area contributed by atoms with E-state index in [-0.39, 0.29) is 11.9 Å². The van der Waals surface area contributed by atoms with Gasteiger partial charge >= 0.3 is 6.03 Å². The molecule has 0 saturated carbocycles. The lowest BCUT2D eigenvalue weighted by Crippen LogP contribution is -2.39. The smallest absolute Gasteiger partial charge is 0.324 e. The molecule has 1 aliphatic rings. The Balaban J connectivity index is 1.67. The average Bonchev–Trinajstić information content (AvgIpc) is 3.17. The largest absolute Gasteiger partial charge is 0.336 e. The molecule has 1 fully saturated rings. The van der Waals surface area contributed by atoms with Crippen molar-refractivity contribution in [1.82, 2.24) is 30.4 Å². The number of aromatic nitrogens is 4. The Morgan fingerprint density at radius 3 is 2.87 bits per heavy atom. The summed E-state index contributed by atoms with van der Waals surface area (Å²) in [5, 5.41) is 14.3. The van der Waals surface area contributed by atoms with Gasteiger partial charge in [-0.05, 0) is 22.9 Å². The molecule has 1 aliphatic heterocycles. The van der Waals surface area contributed by atoms with E-state index in [1.165, 1.54) is 16.7 Å². The Kier molecular flexibility index (Phi) is 4.56. The zero-order valence-electron chi connectivity index (χ0n) is 12.5. The minimum absolute atomic E-state index is 0.237. The van der Waals surface area contributed by atoms with Gasteiger partial charge in [0.25, 0.3) is 0 Å². The first-order valence-corrected chi connectivity index (χ1v) is 8.09. The lowest BCUT2D eigenvalue weighted by Gasteiger charge is -2.16. The number of amides is 3. The van der Waals surface area contributed by atoms with Crippen LogP contribution < -0.4 is 5.32 Å². The van der Waals surface area contributed by atoms with E-state index in [9.17, 15) is 9.59 Å². The fourth-order valence-corrected chi connectivity index (χ4v) is 3.10. The van der Waals surface area contributed by atoms with Crippen LogP contribution in [0.5, 0.6) is 0 Å². The fraction of sp³-hybridized carbons (Fsp3) is 0.357. The van der Waals surface area contributed by atoms with E-state index < -0.39 is 5.25 Å². The van der Waals surface area contributed by atoms with Crippen molar-refractivity contribution in [1.29, 1.82) is 0 Å². The Hall–Kier alpha value is -2.42. The zero-order valence-corrected chi connectivity index (χ0v) is 13.4. The predicted molar refractivity (Wildman–Crippen MR) is 83.8 cm³/mol. The molecule has 1 aromatic heterocycles. The average molecular weight is 332 g/mol. The van der Waals surface area contributed by atoms with Gasteiger partial charge in [0.15, 0.2) is 0 Å². The zero-order chi connectivity index (χ0) is 16.2. The molecule has 2 aromatic rings.